The summed E-state index contributed by atoms with van der Waals surface area (Å²) in [6.45, 7) is 8.55. The predicted octanol–water partition coefficient (Wildman–Crippen LogP) is 0.693. The largest absolute Gasteiger partial charge is 0.480 e. The lowest BCUT2D eigenvalue weighted by Gasteiger charge is -2.47. The first kappa shape index (κ1) is 72.5. The average Bonchev–Trinajstić information content (AvgIpc) is 1.48. The molecule has 12 aliphatic heterocycles. The molecule has 4 unspecified atom stereocenters. The number of rotatable bonds is 25. The molecule has 29 heteroatoms. The molecule has 8 amide bonds. The number of aliphatic hydroxyl groups is 1. The zero-order valence-electron chi connectivity index (χ0n) is 57.2. The van der Waals surface area contributed by atoms with Crippen molar-refractivity contribution in [3.8, 4) is 0 Å². The Kier molecular flexibility index (Phi) is 22.4. The second kappa shape index (κ2) is 31.2. The Morgan fingerprint density at radius 1 is 0.703 bits per heavy atom. The van der Waals surface area contributed by atoms with Crippen LogP contribution >= 0.6 is 0 Å². The molecule has 1 aromatic carbocycles. The van der Waals surface area contributed by atoms with Crippen molar-refractivity contribution in [3.05, 3.63) is 72.4 Å². The quantitative estimate of drug-likeness (QED) is 0.0402. The molecule has 12 bridgehead atoms. The minimum absolute atomic E-state index is 0.00296. The number of likely N-dealkylation sites (tertiary alicyclic amines) is 1. The Morgan fingerprint density at radius 2 is 1.43 bits per heavy atom. The van der Waals surface area contributed by atoms with Gasteiger partial charge in [-0.25, -0.2) is 4.79 Å². The number of hydrogen-bond donors (Lipinski definition) is 7. The fraction of sp³-hybridized carbons (Fsp3) is 0.694. The Bertz CT molecular complexity index is 3360. The highest BCUT2D eigenvalue weighted by molar-refractivity contribution is 6.12. The molecule has 12 fully saturated rings. The highest BCUT2D eigenvalue weighted by Crippen LogP contribution is 2.71. The van der Waals surface area contributed by atoms with E-state index in [2.05, 4.69) is 46.7 Å². The van der Waals surface area contributed by atoms with Crippen LogP contribution in [0.2, 0.25) is 0 Å². The van der Waals surface area contributed by atoms with Gasteiger partial charge in [0.1, 0.15) is 55.0 Å². The summed E-state index contributed by atoms with van der Waals surface area (Å²) in [4.78, 5) is 133. The van der Waals surface area contributed by atoms with E-state index in [1.54, 1.807) is 37.4 Å². The number of aliphatic carboxylic acids is 1. The highest BCUT2D eigenvalue weighted by Gasteiger charge is 2.85. The number of nitrogens with zero attached hydrogens (tertiary/aromatic N) is 2. The van der Waals surface area contributed by atoms with Crippen LogP contribution in [0.25, 0.3) is 0 Å². The van der Waals surface area contributed by atoms with E-state index in [9.17, 15) is 58.2 Å². The summed E-state index contributed by atoms with van der Waals surface area (Å²) in [6, 6.07) is 6.41. The number of carboxylic acids is 1. The third kappa shape index (κ3) is 16.1. The molecule has 1 spiro atoms. The number of Topliss-reactive ketones (excluding diaryl/α,β-unsaturated/α-hetero) is 1. The lowest BCUT2D eigenvalue weighted by atomic mass is 9.81. The minimum Gasteiger partial charge on any atom is -0.480 e. The molecule has 11 saturated heterocycles. The van der Waals surface area contributed by atoms with Gasteiger partial charge in [0.2, 0.25) is 35.4 Å². The van der Waals surface area contributed by atoms with Gasteiger partial charge in [0.05, 0.1) is 98.8 Å². The molecule has 550 valence electrons. The van der Waals surface area contributed by atoms with Crippen LogP contribution in [-0.4, -0.2) is 254 Å². The number of methoxy groups -OCH3 is 1. The lowest BCUT2D eigenvalue weighted by molar-refractivity contribution is -0.279. The number of amides is 8. The molecule has 13 aliphatic rings. The fourth-order valence-corrected chi connectivity index (χ4v) is 17.6. The normalized spacial score (nSPS) is 37.2. The van der Waals surface area contributed by atoms with Gasteiger partial charge in [0, 0.05) is 95.7 Å². The average molecular weight is 1410 g/mol. The van der Waals surface area contributed by atoms with Gasteiger partial charge in [-0.3, -0.25) is 48.1 Å². The number of ketones is 1. The number of ether oxygens (including phenoxy) is 10. The molecule has 0 aromatic heterocycles. The number of imide groups is 1. The van der Waals surface area contributed by atoms with Gasteiger partial charge < -0.3 is 89.1 Å². The number of hydrogen-bond acceptors (Lipinski definition) is 21. The van der Waals surface area contributed by atoms with Crippen molar-refractivity contribution >= 4 is 59.0 Å². The molecule has 1 saturated carbocycles. The Hall–Kier alpha value is -6.90. The monoisotopic (exact) mass is 1410 g/mol. The van der Waals surface area contributed by atoms with Crippen molar-refractivity contribution < 1.29 is 106 Å². The molecule has 29 nitrogen and oxygen atoms in total. The van der Waals surface area contributed by atoms with E-state index in [1.165, 1.54) is 17.1 Å². The van der Waals surface area contributed by atoms with Gasteiger partial charge in [-0.2, -0.15) is 0 Å². The summed E-state index contributed by atoms with van der Waals surface area (Å²) in [5.74, 6) is -7.15. The maximum Gasteiger partial charge on any atom is 0.329 e. The van der Waals surface area contributed by atoms with Crippen LogP contribution in [0.4, 0.5) is 0 Å². The van der Waals surface area contributed by atoms with Crippen molar-refractivity contribution in [2.45, 2.75) is 238 Å². The van der Waals surface area contributed by atoms with Gasteiger partial charge in [-0.15, -0.1) is 0 Å². The van der Waals surface area contributed by atoms with Gasteiger partial charge in [-0.05, 0) is 80.4 Å². The summed E-state index contributed by atoms with van der Waals surface area (Å²) < 4.78 is 66.5. The van der Waals surface area contributed by atoms with E-state index in [0.29, 0.717) is 44.1 Å². The van der Waals surface area contributed by atoms with Crippen LogP contribution in [0.5, 0.6) is 0 Å². The zero-order valence-corrected chi connectivity index (χ0v) is 57.2. The van der Waals surface area contributed by atoms with E-state index in [4.69, 9.17) is 47.4 Å². The Balaban J connectivity index is 0.591. The summed E-state index contributed by atoms with van der Waals surface area (Å²) in [5.41, 5.74) is 2.67. The molecular weight excluding hydrogens is 1310 g/mol. The van der Waals surface area contributed by atoms with Crippen LogP contribution < -0.4 is 26.6 Å². The predicted molar refractivity (Wildman–Crippen MR) is 351 cm³/mol. The number of carbonyl (C=O) groups is 10. The molecule has 7 N–H and O–H groups in total. The number of carboxylic acid groups (broad SMARTS) is 1. The van der Waals surface area contributed by atoms with Crippen LogP contribution in [0, 0.1) is 23.7 Å². The summed E-state index contributed by atoms with van der Waals surface area (Å²) in [5, 5.41) is 33.6. The van der Waals surface area contributed by atoms with Gasteiger partial charge in [0.15, 0.2) is 5.79 Å². The first-order valence-electron chi connectivity index (χ1n) is 36.1. The number of nitrogens with one attached hydrogen (secondary N) is 5. The standard InChI is InChI=1S/C72H95N7O22/c1-36-21-42-14-16-50-37(2)22-44(95-50)27-47-62-65-69-66-67(99-65)68(100-72(47,62)101-69)64-51(98-66)17-15-43(96-64)24-40(80)25-46-53(29-52(94-42)38(36)3)97-54(63(46)92-4)26-41(81)30-73-55(82)31-75-70(90)48(23-39-11-7-5-8-12-39)77-57(84)33-74-56(83)32-76-71(91)49-28-45(93-35-61(88)89)34-79(49)58(85)13-9-6-10-20-78-59(86)18-19-60(78)87/h5,7-8,11-12,18-19,36,41-54,62-69,81H,2-3,6,9-10,13-17,20-35H2,1,4H3,(H,73,82)(H,74,83)(H,75,90)(H,76,91)(H,77,84)(H,88,89)/t36-,41+,42+,43-,44-,45-,46+,47?,48+,49+,50+,51+,52-,53+,54-,62?,63-,64+,65-,66?,67?,68+,69+,72-/m1/s1. The van der Waals surface area contributed by atoms with Crippen molar-refractivity contribution in [2.24, 2.45) is 23.7 Å². The highest BCUT2D eigenvalue weighted by atomic mass is 16.8. The number of unbranched alkanes of at least 4 members (excludes halogenated alkanes) is 2. The second-order valence-electron chi connectivity index (χ2n) is 29.5. The maximum atomic E-state index is 14.6. The van der Waals surface area contributed by atoms with E-state index in [0.717, 1.165) is 48.2 Å². The molecule has 24 atom stereocenters. The summed E-state index contributed by atoms with van der Waals surface area (Å²) >= 11 is 0. The summed E-state index contributed by atoms with van der Waals surface area (Å²) in [6.07, 6.45) is 2.30. The van der Waals surface area contributed by atoms with Crippen molar-refractivity contribution in [3.63, 3.8) is 0 Å². The third-order valence-electron chi connectivity index (χ3n) is 22.7. The van der Waals surface area contributed by atoms with Crippen LogP contribution in [0.1, 0.15) is 115 Å². The number of fused-ring (bicyclic) bond motifs is 6. The van der Waals surface area contributed by atoms with E-state index in [-0.39, 0.29) is 131 Å². The van der Waals surface area contributed by atoms with Crippen molar-refractivity contribution in [1.82, 2.24) is 36.4 Å². The van der Waals surface area contributed by atoms with E-state index in [1.807, 2.05) is 0 Å². The maximum absolute atomic E-state index is 14.6. The zero-order chi connectivity index (χ0) is 71.0. The molecule has 1 aliphatic carbocycles. The topological polar surface area (TPSA) is 370 Å². The Morgan fingerprint density at radius 3 is 2.20 bits per heavy atom. The molecule has 0 radical (unpaired) electrons. The molecule has 12 heterocycles. The first-order valence-corrected chi connectivity index (χ1v) is 36.1. The van der Waals surface area contributed by atoms with E-state index < -0.39 is 158 Å². The molecule has 14 rings (SSSR count). The van der Waals surface area contributed by atoms with Gasteiger partial charge in [0.25, 0.3) is 11.8 Å². The van der Waals surface area contributed by atoms with Crippen molar-refractivity contribution in [1.29, 1.82) is 0 Å². The SMILES string of the molecule is C=C1C[C@@H]2CC3C4[C@H]5OC6C7O[C@H]8CC[C@H](CC(=O)C[C@@H]9[C@@H](OC)[C@@H](C[C@H](O)CNC(=O)CNC(=O)[C@H](Cc%10ccccc%10)NC(=O)CNC(=O)CNC(=O)[C@@H]%10C[C@@H](OCC(=O)O)CN%10C(=O)CCCCCN%10C(=O)C=CC%10=O)O[C@H]9C[C@H]9O[C@@H](CC[C@@H]1O2)C[C@@H](C)C9=C)O[C@@H]8[C@@H]6O[C@@]34O[C@H]75. The fourth-order valence-electron chi connectivity index (χ4n) is 17.6. The Labute approximate surface area is 585 Å². The number of carbonyl (C=O) groups excluding carboxylic acids is 9. The van der Waals surface area contributed by atoms with Crippen LogP contribution in [0.15, 0.2) is 66.8 Å². The molecular formula is C72H95N7O22. The smallest absolute Gasteiger partial charge is 0.329 e. The summed E-state index contributed by atoms with van der Waals surface area (Å²) in [7, 11) is 1.56. The second-order valence-corrected chi connectivity index (χ2v) is 29.5. The van der Waals surface area contributed by atoms with Crippen molar-refractivity contribution in [2.75, 3.05) is 53.0 Å². The van der Waals surface area contributed by atoms with Gasteiger partial charge in [-0.1, -0.05) is 56.8 Å². The lowest BCUT2D eigenvalue weighted by Crippen LogP contribution is -2.61. The van der Waals surface area contributed by atoms with Crippen LogP contribution in [0.3, 0.4) is 0 Å². The minimum atomic E-state index is -1.24. The number of aliphatic hydroxyl groups excluding tert-OH is 1. The van der Waals surface area contributed by atoms with Crippen LogP contribution in [-0.2, 0) is 102 Å². The molecule has 1 aromatic rings. The third-order valence-corrected chi connectivity index (χ3v) is 22.7. The number of benzene rings is 1. The van der Waals surface area contributed by atoms with Gasteiger partial charge >= 0.3 is 5.97 Å². The van der Waals surface area contributed by atoms with E-state index >= 15 is 0 Å². The first-order chi connectivity index (χ1) is 48.6. The molecule has 101 heavy (non-hydrogen) atoms.